The number of rotatable bonds is 6. The van der Waals surface area contributed by atoms with E-state index in [1.807, 2.05) is 12.1 Å². The minimum absolute atomic E-state index is 0.00997. The van der Waals surface area contributed by atoms with E-state index in [1.54, 1.807) is 17.0 Å². The number of carbonyl (C=O) groups is 1. The van der Waals surface area contributed by atoms with E-state index >= 15 is 0 Å². The largest absolute Gasteiger partial charge is 0.490 e. The van der Waals surface area contributed by atoms with Crippen LogP contribution in [0.3, 0.4) is 0 Å². The summed E-state index contributed by atoms with van der Waals surface area (Å²) in [6, 6.07) is 7.19. The monoisotopic (exact) mass is 340 g/mol. The SMILES string of the molecule is CCC1(CO)CCN(C(=O)NCCOc2ccccc2Cl)CC1. The highest BCUT2D eigenvalue weighted by molar-refractivity contribution is 6.32. The number of nitrogens with one attached hydrogen (secondary N) is 1. The molecule has 0 aromatic heterocycles. The Bertz CT molecular complexity index is 510. The quantitative estimate of drug-likeness (QED) is 0.783. The minimum atomic E-state index is -0.0737. The average Bonchev–Trinajstić information content (AvgIpc) is 2.60. The van der Waals surface area contributed by atoms with Gasteiger partial charge in [0.25, 0.3) is 0 Å². The average molecular weight is 341 g/mol. The van der Waals surface area contributed by atoms with Crippen LogP contribution >= 0.6 is 11.6 Å². The molecule has 0 saturated carbocycles. The van der Waals surface area contributed by atoms with Gasteiger partial charge in [0.15, 0.2) is 0 Å². The van der Waals surface area contributed by atoms with Crippen LogP contribution in [0.25, 0.3) is 0 Å². The van der Waals surface area contributed by atoms with Gasteiger partial charge in [0.05, 0.1) is 11.6 Å². The Morgan fingerprint density at radius 3 is 2.70 bits per heavy atom. The topological polar surface area (TPSA) is 61.8 Å². The van der Waals surface area contributed by atoms with E-state index in [4.69, 9.17) is 16.3 Å². The molecule has 0 spiro atoms. The molecule has 1 aliphatic heterocycles. The van der Waals surface area contributed by atoms with Gasteiger partial charge >= 0.3 is 6.03 Å². The molecule has 1 heterocycles. The molecule has 0 aliphatic carbocycles. The van der Waals surface area contributed by atoms with Crippen LogP contribution in [-0.2, 0) is 0 Å². The first kappa shape index (κ1) is 17.9. The fraction of sp³-hybridized carbons (Fsp3) is 0.588. The third kappa shape index (κ3) is 4.75. The van der Waals surface area contributed by atoms with Gasteiger partial charge in [0.2, 0.25) is 0 Å². The summed E-state index contributed by atoms with van der Waals surface area (Å²) >= 11 is 6.00. The predicted molar refractivity (Wildman–Crippen MR) is 91.0 cm³/mol. The third-order valence-electron chi connectivity index (χ3n) is 4.67. The number of halogens is 1. The van der Waals surface area contributed by atoms with E-state index in [0.717, 1.165) is 19.3 Å². The molecular formula is C17H25ClN2O3. The minimum Gasteiger partial charge on any atom is -0.490 e. The molecule has 6 heteroatoms. The standard InChI is InChI=1S/C17H25ClN2O3/c1-2-17(13-21)7-10-20(11-8-17)16(22)19-9-12-23-15-6-4-3-5-14(15)18/h3-6,21H,2,7-13H2,1H3,(H,19,22). The second-order valence-electron chi connectivity index (χ2n) is 6.01. The molecule has 0 bridgehead atoms. The molecule has 0 radical (unpaired) electrons. The molecular weight excluding hydrogens is 316 g/mol. The van der Waals surface area contributed by atoms with Gasteiger partial charge in [-0.25, -0.2) is 4.79 Å². The van der Waals surface area contributed by atoms with Gasteiger partial charge in [0.1, 0.15) is 12.4 Å². The number of ether oxygens (including phenoxy) is 1. The van der Waals surface area contributed by atoms with Crippen LogP contribution in [0.5, 0.6) is 5.75 Å². The number of hydrogen-bond donors (Lipinski definition) is 2. The summed E-state index contributed by atoms with van der Waals surface area (Å²) in [6.45, 7) is 4.47. The maximum atomic E-state index is 12.1. The summed E-state index contributed by atoms with van der Waals surface area (Å²) in [5.74, 6) is 0.622. The molecule has 128 valence electrons. The zero-order valence-corrected chi connectivity index (χ0v) is 14.3. The van der Waals surface area contributed by atoms with Crippen molar-refractivity contribution in [2.24, 2.45) is 5.41 Å². The summed E-state index contributed by atoms with van der Waals surface area (Å²) in [6.07, 6.45) is 2.65. The summed E-state index contributed by atoms with van der Waals surface area (Å²) in [5, 5.41) is 13.0. The molecule has 1 saturated heterocycles. The highest BCUT2D eigenvalue weighted by Crippen LogP contribution is 2.34. The van der Waals surface area contributed by atoms with Crippen LogP contribution in [0.2, 0.25) is 5.02 Å². The lowest BCUT2D eigenvalue weighted by Gasteiger charge is -2.40. The molecule has 2 rings (SSSR count). The van der Waals surface area contributed by atoms with Gasteiger partial charge < -0.3 is 20.1 Å². The van der Waals surface area contributed by atoms with Crippen LogP contribution in [0.1, 0.15) is 26.2 Å². The summed E-state index contributed by atoms with van der Waals surface area (Å²) in [5.41, 5.74) is -0.00997. The zero-order chi connectivity index (χ0) is 16.7. The molecule has 0 unspecified atom stereocenters. The van der Waals surface area contributed by atoms with Crippen molar-refractivity contribution >= 4 is 17.6 Å². The van der Waals surface area contributed by atoms with Crippen molar-refractivity contribution in [1.29, 1.82) is 0 Å². The van der Waals surface area contributed by atoms with Crippen molar-refractivity contribution in [2.75, 3.05) is 32.8 Å². The van der Waals surface area contributed by atoms with Crippen LogP contribution in [0.4, 0.5) is 4.79 Å². The Morgan fingerprint density at radius 2 is 2.09 bits per heavy atom. The van der Waals surface area contributed by atoms with E-state index in [-0.39, 0.29) is 18.1 Å². The Labute approximate surface area is 142 Å². The van der Waals surface area contributed by atoms with E-state index in [2.05, 4.69) is 12.2 Å². The Morgan fingerprint density at radius 1 is 1.39 bits per heavy atom. The number of carbonyl (C=O) groups excluding carboxylic acids is 1. The summed E-state index contributed by atoms with van der Waals surface area (Å²) < 4.78 is 5.54. The first-order chi connectivity index (χ1) is 11.1. The van der Waals surface area contributed by atoms with Gasteiger partial charge in [0, 0.05) is 19.7 Å². The van der Waals surface area contributed by atoms with Crippen molar-refractivity contribution in [2.45, 2.75) is 26.2 Å². The molecule has 1 fully saturated rings. The van der Waals surface area contributed by atoms with Gasteiger partial charge in [-0.3, -0.25) is 0 Å². The lowest BCUT2D eigenvalue weighted by atomic mass is 9.77. The van der Waals surface area contributed by atoms with Crippen molar-refractivity contribution in [1.82, 2.24) is 10.2 Å². The van der Waals surface area contributed by atoms with Crippen LogP contribution in [-0.4, -0.2) is 48.9 Å². The summed E-state index contributed by atoms with van der Waals surface area (Å²) in [4.78, 5) is 13.9. The highest BCUT2D eigenvalue weighted by Gasteiger charge is 2.33. The first-order valence-corrected chi connectivity index (χ1v) is 8.49. The number of hydrogen-bond acceptors (Lipinski definition) is 3. The zero-order valence-electron chi connectivity index (χ0n) is 13.6. The Kier molecular flexibility index (Phi) is 6.54. The number of nitrogens with zero attached hydrogens (tertiary/aromatic N) is 1. The Hall–Kier alpha value is -1.46. The third-order valence-corrected chi connectivity index (χ3v) is 4.98. The normalized spacial score (nSPS) is 16.9. The summed E-state index contributed by atoms with van der Waals surface area (Å²) in [7, 11) is 0. The van der Waals surface area contributed by atoms with Crippen molar-refractivity contribution in [3.8, 4) is 5.75 Å². The number of likely N-dealkylation sites (tertiary alicyclic amines) is 1. The van der Waals surface area contributed by atoms with E-state index < -0.39 is 0 Å². The smallest absolute Gasteiger partial charge is 0.317 e. The maximum absolute atomic E-state index is 12.1. The van der Waals surface area contributed by atoms with Gasteiger partial charge in [-0.1, -0.05) is 30.7 Å². The van der Waals surface area contributed by atoms with Crippen LogP contribution < -0.4 is 10.1 Å². The van der Waals surface area contributed by atoms with E-state index in [9.17, 15) is 9.90 Å². The molecule has 5 nitrogen and oxygen atoms in total. The van der Waals surface area contributed by atoms with Gasteiger partial charge in [-0.15, -0.1) is 0 Å². The van der Waals surface area contributed by atoms with Crippen molar-refractivity contribution in [3.05, 3.63) is 29.3 Å². The van der Waals surface area contributed by atoms with Gasteiger partial charge in [-0.05, 0) is 36.8 Å². The van der Waals surface area contributed by atoms with E-state index in [0.29, 0.717) is 37.0 Å². The number of para-hydroxylation sites is 1. The molecule has 2 N–H and O–H groups in total. The Balaban J connectivity index is 1.69. The number of aliphatic hydroxyl groups excluding tert-OH is 1. The molecule has 1 aromatic rings. The second kappa shape index (κ2) is 8.41. The lowest BCUT2D eigenvalue weighted by molar-refractivity contribution is 0.0518. The molecule has 23 heavy (non-hydrogen) atoms. The molecule has 2 amide bonds. The fourth-order valence-corrected chi connectivity index (χ4v) is 2.99. The van der Waals surface area contributed by atoms with Crippen LogP contribution in [0, 0.1) is 5.41 Å². The lowest BCUT2D eigenvalue weighted by Crippen LogP contribution is -2.48. The maximum Gasteiger partial charge on any atom is 0.317 e. The van der Waals surface area contributed by atoms with Gasteiger partial charge in [-0.2, -0.15) is 0 Å². The number of piperidine rings is 1. The number of aliphatic hydroxyl groups is 1. The van der Waals surface area contributed by atoms with Crippen molar-refractivity contribution in [3.63, 3.8) is 0 Å². The number of benzene rings is 1. The molecule has 1 aliphatic rings. The first-order valence-electron chi connectivity index (χ1n) is 8.11. The second-order valence-corrected chi connectivity index (χ2v) is 6.42. The van der Waals surface area contributed by atoms with E-state index in [1.165, 1.54) is 0 Å². The van der Waals surface area contributed by atoms with Crippen molar-refractivity contribution < 1.29 is 14.6 Å². The highest BCUT2D eigenvalue weighted by atomic mass is 35.5. The molecule has 0 atom stereocenters. The molecule has 1 aromatic carbocycles. The predicted octanol–water partition coefficient (Wildman–Crippen LogP) is 2.91. The number of urea groups is 1. The fourth-order valence-electron chi connectivity index (χ4n) is 2.80. The number of amides is 2. The van der Waals surface area contributed by atoms with Crippen LogP contribution in [0.15, 0.2) is 24.3 Å².